The third-order valence-corrected chi connectivity index (χ3v) is 8.84. The highest BCUT2D eigenvalue weighted by Crippen LogP contribution is 2.64. The van der Waals surface area contributed by atoms with Gasteiger partial charge in [-0.25, -0.2) is 8.42 Å². The third-order valence-electron chi connectivity index (χ3n) is 6.87. The monoisotopic (exact) mass is 371 g/mol. The summed E-state index contributed by atoms with van der Waals surface area (Å²) in [5.74, 6) is -0.186. The maximum atomic E-state index is 13.2. The molecule has 2 saturated carbocycles. The van der Waals surface area contributed by atoms with Crippen LogP contribution in [0.4, 0.5) is 0 Å². The third kappa shape index (κ3) is 2.73. The Balaban J connectivity index is 1.89. The quantitative estimate of drug-likeness (QED) is 0.720. The van der Waals surface area contributed by atoms with Gasteiger partial charge in [-0.15, -0.1) is 0 Å². The highest BCUT2D eigenvalue weighted by molar-refractivity contribution is 7.89. The van der Waals surface area contributed by atoms with Crippen LogP contribution in [0.3, 0.4) is 0 Å². The van der Waals surface area contributed by atoms with E-state index >= 15 is 0 Å². The molecule has 0 aromatic rings. The Bertz CT molecular complexity index is 690. The lowest BCUT2D eigenvalue weighted by molar-refractivity contribution is -0.128. The van der Waals surface area contributed by atoms with Crippen molar-refractivity contribution < 1.29 is 18.0 Å². The summed E-state index contributed by atoms with van der Waals surface area (Å²) >= 11 is 0. The van der Waals surface area contributed by atoms with Crippen molar-refractivity contribution in [1.82, 2.24) is 9.62 Å². The molecule has 7 nitrogen and oxygen atoms in total. The van der Waals surface area contributed by atoms with Gasteiger partial charge < -0.3 is 11.1 Å². The van der Waals surface area contributed by atoms with Crippen molar-refractivity contribution >= 4 is 21.7 Å². The predicted octanol–water partition coefficient (Wildman–Crippen LogP) is 0.249. The lowest BCUT2D eigenvalue weighted by Gasteiger charge is -2.37. The van der Waals surface area contributed by atoms with Gasteiger partial charge in [0.2, 0.25) is 15.9 Å². The van der Waals surface area contributed by atoms with Crippen molar-refractivity contribution in [2.24, 2.45) is 22.5 Å². The number of nitrogens with zero attached hydrogens (tertiary/aromatic N) is 1. The van der Waals surface area contributed by atoms with Gasteiger partial charge in [0.25, 0.3) is 0 Å². The molecular formula is C17H29N3O4S. The zero-order valence-electron chi connectivity index (χ0n) is 15.2. The van der Waals surface area contributed by atoms with Crippen molar-refractivity contribution in [3.63, 3.8) is 0 Å². The summed E-state index contributed by atoms with van der Waals surface area (Å²) in [4.78, 5) is 25.0. The highest BCUT2D eigenvalue weighted by atomic mass is 32.2. The molecule has 0 aromatic heterocycles. The van der Waals surface area contributed by atoms with E-state index in [1.54, 1.807) is 6.92 Å². The van der Waals surface area contributed by atoms with Crippen LogP contribution in [0, 0.1) is 16.7 Å². The Kier molecular flexibility index (Phi) is 4.53. The van der Waals surface area contributed by atoms with Crippen LogP contribution in [0.2, 0.25) is 0 Å². The molecule has 0 unspecified atom stereocenters. The zero-order valence-corrected chi connectivity index (χ0v) is 16.1. The van der Waals surface area contributed by atoms with Gasteiger partial charge in [0.1, 0.15) is 11.8 Å². The standard InChI is InChI=1S/C17H29N3O4S/c1-4-19-15(22)13-8-12(18)9-20(13)25(23,24)10-17-6-5-11(7-14(17)21)16(17,2)3/h11-13H,4-10,18H2,1-3H3,(H,19,22)/t11-,12+,13+,17-/m1/s1. The highest BCUT2D eigenvalue weighted by Gasteiger charge is 2.66. The number of amides is 1. The van der Waals surface area contributed by atoms with Crippen LogP contribution in [0.25, 0.3) is 0 Å². The number of carbonyl (C=O) groups is 2. The first kappa shape index (κ1) is 18.8. The van der Waals surface area contributed by atoms with E-state index in [0.29, 0.717) is 25.8 Å². The van der Waals surface area contributed by atoms with E-state index in [1.165, 1.54) is 4.31 Å². The van der Waals surface area contributed by atoms with Gasteiger partial charge in [0.15, 0.2) is 0 Å². The molecule has 0 spiro atoms. The number of sulfonamides is 1. The van der Waals surface area contributed by atoms with Crippen LogP contribution < -0.4 is 11.1 Å². The average Bonchev–Trinajstić information content (AvgIpc) is 3.06. The summed E-state index contributed by atoms with van der Waals surface area (Å²) in [6, 6.07) is -1.13. The van der Waals surface area contributed by atoms with Crippen molar-refractivity contribution in [3.8, 4) is 0 Å². The molecule has 2 bridgehead atoms. The minimum Gasteiger partial charge on any atom is -0.355 e. The molecule has 1 amide bonds. The largest absolute Gasteiger partial charge is 0.355 e. The van der Waals surface area contributed by atoms with E-state index in [9.17, 15) is 18.0 Å². The van der Waals surface area contributed by atoms with Crippen molar-refractivity contribution in [2.45, 2.75) is 58.5 Å². The minimum atomic E-state index is -3.77. The SMILES string of the molecule is CCNC(=O)[C@@H]1C[C@H](N)CN1S(=O)(=O)C[C@]12CC[C@H](CC1=O)C2(C)C. The van der Waals surface area contributed by atoms with Crippen molar-refractivity contribution in [2.75, 3.05) is 18.8 Å². The topological polar surface area (TPSA) is 110 Å². The molecule has 0 radical (unpaired) electrons. The summed E-state index contributed by atoms with van der Waals surface area (Å²) in [6.45, 7) is 6.40. The molecule has 1 aliphatic heterocycles. The molecule has 3 aliphatic rings. The van der Waals surface area contributed by atoms with Crippen LogP contribution >= 0.6 is 0 Å². The van der Waals surface area contributed by atoms with E-state index in [0.717, 1.165) is 6.42 Å². The van der Waals surface area contributed by atoms with E-state index < -0.39 is 21.5 Å². The molecule has 25 heavy (non-hydrogen) atoms. The number of rotatable bonds is 5. The number of carbonyl (C=O) groups excluding carboxylic acids is 2. The fraction of sp³-hybridized carbons (Fsp3) is 0.882. The Morgan fingerprint density at radius 2 is 2.08 bits per heavy atom. The van der Waals surface area contributed by atoms with Gasteiger partial charge in [0, 0.05) is 31.0 Å². The average molecular weight is 372 g/mol. The molecule has 8 heteroatoms. The molecule has 142 valence electrons. The second-order valence-corrected chi connectivity index (χ2v) is 10.3. The Morgan fingerprint density at radius 3 is 2.60 bits per heavy atom. The molecular weight excluding hydrogens is 342 g/mol. The van der Waals surface area contributed by atoms with Crippen molar-refractivity contribution in [3.05, 3.63) is 0 Å². The van der Waals surface area contributed by atoms with Gasteiger partial charge in [-0.05, 0) is 37.5 Å². The Labute approximate surface area is 149 Å². The maximum absolute atomic E-state index is 13.2. The van der Waals surface area contributed by atoms with Gasteiger partial charge in [0.05, 0.1) is 5.75 Å². The predicted molar refractivity (Wildman–Crippen MR) is 94.1 cm³/mol. The van der Waals surface area contributed by atoms with Gasteiger partial charge in [-0.1, -0.05) is 13.8 Å². The number of Topliss-reactive ketones (excluding diaryl/α,β-unsaturated/α-hetero) is 1. The first-order valence-corrected chi connectivity index (χ1v) is 10.7. The lowest BCUT2D eigenvalue weighted by atomic mass is 9.70. The molecule has 3 N–H and O–H groups in total. The minimum absolute atomic E-state index is 0.0652. The number of hydrogen-bond donors (Lipinski definition) is 2. The van der Waals surface area contributed by atoms with E-state index in [1.807, 2.05) is 13.8 Å². The number of ketones is 1. The van der Waals surface area contributed by atoms with E-state index in [-0.39, 0.29) is 41.4 Å². The van der Waals surface area contributed by atoms with Crippen LogP contribution in [0.5, 0.6) is 0 Å². The maximum Gasteiger partial charge on any atom is 0.238 e. The summed E-state index contributed by atoms with van der Waals surface area (Å²) in [6.07, 6.45) is 2.31. The van der Waals surface area contributed by atoms with Gasteiger partial charge in [-0.3, -0.25) is 9.59 Å². The summed E-state index contributed by atoms with van der Waals surface area (Å²) < 4.78 is 27.7. The second-order valence-electron chi connectivity index (χ2n) is 8.40. The molecule has 0 aromatic carbocycles. The second kappa shape index (κ2) is 6.03. The van der Waals surface area contributed by atoms with Crippen LogP contribution in [-0.4, -0.2) is 55.3 Å². The van der Waals surface area contributed by atoms with Crippen LogP contribution in [0.15, 0.2) is 0 Å². The molecule has 3 fully saturated rings. The molecule has 2 aliphatic carbocycles. The molecule has 4 atom stereocenters. The first-order chi connectivity index (χ1) is 11.5. The molecule has 3 rings (SSSR count). The molecule has 1 saturated heterocycles. The Hall–Kier alpha value is -0.990. The number of nitrogens with two attached hydrogens (primary N) is 1. The normalized spacial score (nSPS) is 37.6. The first-order valence-electron chi connectivity index (χ1n) is 9.11. The van der Waals surface area contributed by atoms with E-state index in [4.69, 9.17) is 5.73 Å². The van der Waals surface area contributed by atoms with Crippen molar-refractivity contribution in [1.29, 1.82) is 0 Å². The van der Waals surface area contributed by atoms with Gasteiger partial charge >= 0.3 is 0 Å². The summed E-state index contributed by atoms with van der Waals surface area (Å²) in [7, 11) is -3.77. The number of nitrogens with one attached hydrogen (secondary N) is 1. The fourth-order valence-electron chi connectivity index (χ4n) is 5.18. The lowest BCUT2D eigenvalue weighted by Crippen LogP contribution is -2.51. The zero-order chi connectivity index (χ0) is 18.6. The summed E-state index contributed by atoms with van der Waals surface area (Å²) in [5.41, 5.74) is 4.81. The summed E-state index contributed by atoms with van der Waals surface area (Å²) in [5, 5.41) is 2.69. The van der Waals surface area contributed by atoms with Gasteiger partial charge in [-0.2, -0.15) is 4.31 Å². The number of hydrogen-bond acceptors (Lipinski definition) is 5. The Morgan fingerprint density at radius 1 is 1.40 bits per heavy atom. The number of likely N-dealkylation sites (N-methyl/N-ethyl adjacent to an activating group) is 1. The number of fused-ring (bicyclic) bond motifs is 2. The van der Waals surface area contributed by atoms with E-state index in [2.05, 4.69) is 5.32 Å². The smallest absolute Gasteiger partial charge is 0.238 e. The van der Waals surface area contributed by atoms with Crippen LogP contribution in [-0.2, 0) is 19.6 Å². The fourth-order valence-corrected chi connectivity index (χ4v) is 7.63. The molecule has 1 heterocycles. The van der Waals surface area contributed by atoms with Crippen LogP contribution in [0.1, 0.15) is 46.5 Å².